The summed E-state index contributed by atoms with van der Waals surface area (Å²) in [7, 11) is 0. The first-order valence-corrected chi connectivity index (χ1v) is 7.21. The second-order valence-electron chi connectivity index (χ2n) is 4.63. The number of carbonyl (C=O) groups is 3. The highest BCUT2D eigenvalue weighted by Crippen LogP contribution is 2.41. The minimum absolute atomic E-state index is 0.0223. The number of hydrogen-bond acceptors (Lipinski definition) is 4. The average Bonchev–Trinajstić information content (AvgIpc) is 2.28. The van der Waals surface area contributed by atoms with Crippen molar-refractivity contribution in [3.63, 3.8) is 0 Å². The lowest BCUT2D eigenvalue weighted by Crippen LogP contribution is -2.40. The Kier molecular flexibility index (Phi) is 5.37. The van der Waals surface area contributed by atoms with Crippen LogP contribution in [0.15, 0.2) is 0 Å². The van der Waals surface area contributed by atoms with E-state index in [2.05, 4.69) is 0 Å². The molecule has 0 bridgehead atoms. The van der Waals surface area contributed by atoms with Crippen LogP contribution in [0.2, 0.25) is 0 Å². The van der Waals surface area contributed by atoms with Crippen molar-refractivity contribution < 1.29 is 14.4 Å². The van der Waals surface area contributed by atoms with Crippen LogP contribution in [-0.2, 0) is 14.4 Å². The van der Waals surface area contributed by atoms with Crippen molar-refractivity contribution in [2.45, 2.75) is 52.4 Å². The number of hydrogen-bond donors (Lipinski definition) is 0. The molecule has 3 nitrogen and oxygen atoms in total. The number of thioether (sulfide) groups is 1. The van der Waals surface area contributed by atoms with Gasteiger partial charge in [0.05, 0.1) is 5.41 Å². The highest BCUT2D eigenvalue weighted by atomic mass is 32.2. The molecule has 0 saturated heterocycles. The van der Waals surface area contributed by atoms with Gasteiger partial charge in [0.1, 0.15) is 11.6 Å². The monoisotopic (exact) mass is 256 g/mol. The van der Waals surface area contributed by atoms with Gasteiger partial charge in [-0.1, -0.05) is 25.1 Å². The van der Waals surface area contributed by atoms with Crippen LogP contribution < -0.4 is 0 Å². The zero-order valence-electron chi connectivity index (χ0n) is 10.6. The molecule has 1 rings (SSSR count). The Morgan fingerprint density at radius 3 is 2.59 bits per heavy atom. The zero-order valence-corrected chi connectivity index (χ0v) is 11.4. The van der Waals surface area contributed by atoms with E-state index in [1.807, 2.05) is 6.92 Å². The maximum atomic E-state index is 12.2. The maximum Gasteiger partial charge on any atom is 0.202 e. The van der Waals surface area contributed by atoms with E-state index in [9.17, 15) is 14.4 Å². The molecule has 1 atom stereocenters. The van der Waals surface area contributed by atoms with Crippen molar-refractivity contribution in [3.05, 3.63) is 0 Å². The highest BCUT2D eigenvalue weighted by molar-refractivity contribution is 8.13. The fourth-order valence-corrected chi connectivity index (χ4v) is 3.19. The molecule has 1 unspecified atom stereocenters. The molecule has 0 N–H and O–H groups in total. The van der Waals surface area contributed by atoms with E-state index >= 15 is 0 Å². The fourth-order valence-electron chi connectivity index (χ4n) is 2.33. The molecule has 96 valence electrons. The van der Waals surface area contributed by atoms with E-state index in [0.717, 1.165) is 12.8 Å². The van der Waals surface area contributed by atoms with Crippen LogP contribution >= 0.6 is 11.8 Å². The Hall–Kier alpha value is -0.640. The molecule has 1 fully saturated rings. The minimum Gasteiger partial charge on any atom is -0.300 e. The largest absolute Gasteiger partial charge is 0.300 e. The van der Waals surface area contributed by atoms with Gasteiger partial charge < -0.3 is 4.79 Å². The Balaban J connectivity index is 2.85. The topological polar surface area (TPSA) is 51.2 Å². The van der Waals surface area contributed by atoms with Crippen LogP contribution in [0.3, 0.4) is 0 Å². The summed E-state index contributed by atoms with van der Waals surface area (Å²) in [6, 6.07) is 0. The van der Waals surface area contributed by atoms with Gasteiger partial charge in [-0.2, -0.15) is 0 Å². The van der Waals surface area contributed by atoms with Crippen LogP contribution in [0.1, 0.15) is 52.4 Å². The van der Waals surface area contributed by atoms with Crippen LogP contribution in [0.25, 0.3) is 0 Å². The predicted octanol–water partition coefficient (Wildman–Crippen LogP) is 2.76. The summed E-state index contributed by atoms with van der Waals surface area (Å²) in [4.78, 5) is 35.4. The molecule has 0 aliphatic heterocycles. The third-order valence-corrected chi connectivity index (χ3v) is 4.30. The molecule has 1 aliphatic rings. The van der Waals surface area contributed by atoms with Gasteiger partial charge in [-0.25, -0.2) is 0 Å². The maximum absolute atomic E-state index is 12.2. The first-order valence-electron chi connectivity index (χ1n) is 6.23. The molecule has 0 aromatic rings. The predicted molar refractivity (Wildman–Crippen MR) is 69.0 cm³/mol. The van der Waals surface area contributed by atoms with Gasteiger partial charge in [-0.3, -0.25) is 9.59 Å². The lowest BCUT2D eigenvalue weighted by Gasteiger charge is -2.33. The molecule has 1 saturated carbocycles. The quantitative estimate of drug-likeness (QED) is 0.710. The molecule has 0 aromatic carbocycles. The van der Waals surface area contributed by atoms with E-state index < -0.39 is 5.41 Å². The van der Waals surface area contributed by atoms with E-state index in [0.29, 0.717) is 31.4 Å². The molecule has 0 aromatic heterocycles. The smallest absolute Gasteiger partial charge is 0.202 e. The number of carbonyl (C=O) groups excluding carboxylic acids is 3. The van der Waals surface area contributed by atoms with Crippen LogP contribution in [-0.4, -0.2) is 22.4 Å². The third-order valence-electron chi connectivity index (χ3n) is 3.36. The van der Waals surface area contributed by atoms with Crippen molar-refractivity contribution in [2.75, 3.05) is 5.75 Å². The van der Waals surface area contributed by atoms with Gasteiger partial charge in [0.25, 0.3) is 0 Å². The summed E-state index contributed by atoms with van der Waals surface area (Å²) in [6.07, 6.45) is 3.66. The van der Waals surface area contributed by atoms with Crippen molar-refractivity contribution in [1.29, 1.82) is 0 Å². The Bertz CT molecular complexity index is 325. The molecular weight excluding hydrogens is 236 g/mol. The zero-order chi connectivity index (χ0) is 12.9. The Morgan fingerprint density at radius 2 is 2.06 bits per heavy atom. The fraction of sp³-hybridized carbons (Fsp3) is 0.769. The van der Waals surface area contributed by atoms with Gasteiger partial charge in [0.2, 0.25) is 5.12 Å². The summed E-state index contributed by atoms with van der Waals surface area (Å²) in [6.45, 7) is 3.42. The summed E-state index contributed by atoms with van der Waals surface area (Å²) < 4.78 is 0. The normalized spacial score (nSPS) is 24.7. The SMILES string of the molecule is CCSC(=O)C1(CCC(C)=O)CCCCC1=O. The minimum atomic E-state index is -0.857. The molecule has 1 aliphatic carbocycles. The lowest BCUT2D eigenvalue weighted by atomic mass is 9.71. The van der Waals surface area contributed by atoms with Gasteiger partial charge in [0.15, 0.2) is 0 Å². The van der Waals surface area contributed by atoms with Crippen molar-refractivity contribution in [2.24, 2.45) is 5.41 Å². The van der Waals surface area contributed by atoms with E-state index in [-0.39, 0.29) is 16.7 Å². The first kappa shape index (κ1) is 14.4. The van der Waals surface area contributed by atoms with Crippen molar-refractivity contribution in [1.82, 2.24) is 0 Å². The molecular formula is C13H20O3S. The summed E-state index contributed by atoms with van der Waals surface area (Å²) >= 11 is 1.22. The number of Topliss-reactive ketones (excluding diaryl/α,β-unsaturated/α-hetero) is 2. The molecule has 0 spiro atoms. The van der Waals surface area contributed by atoms with Gasteiger partial charge in [-0.05, 0) is 31.9 Å². The van der Waals surface area contributed by atoms with Crippen LogP contribution in [0.4, 0.5) is 0 Å². The molecule has 0 radical (unpaired) electrons. The first-order chi connectivity index (χ1) is 8.03. The Labute approximate surface area is 107 Å². The summed E-state index contributed by atoms with van der Waals surface area (Å²) in [5.74, 6) is 0.793. The van der Waals surface area contributed by atoms with Gasteiger partial charge in [-0.15, -0.1) is 0 Å². The Morgan fingerprint density at radius 1 is 1.35 bits per heavy atom. The summed E-state index contributed by atoms with van der Waals surface area (Å²) in [5.41, 5.74) is -0.857. The van der Waals surface area contributed by atoms with Gasteiger partial charge in [0, 0.05) is 12.8 Å². The van der Waals surface area contributed by atoms with Crippen molar-refractivity contribution >= 4 is 28.4 Å². The molecule has 4 heteroatoms. The number of rotatable bonds is 5. The second-order valence-corrected chi connectivity index (χ2v) is 5.87. The van der Waals surface area contributed by atoms with Crippen molar-refractivity contribution in [3.8, 4) is 0 Å². The lowest BCUT2D eigenvalue weighted by molar-refractivity contribution is -0.139. The van der Waals surface area contributed by atoms with Crippen LogP contribution in [0.5, 0.6) is 0 Å². The molecule has 0 amide bonds. The average molecular weight is 256 g/mol. The molecule has 0 heterocycles. The van der Waals surface area contributed by atoms with E-state index in [1.54, 1.807) is 0 Å². The second kappa shape index (κ2) is 6.34. The van der Waals surface area contributed by atoms with Gasteiger partial charge >= 0.3 is 0 Å². The molecule has 17 heavy (non-hydrogen) atoms. The van der Waals surface area contributed by atoms with Crippen LogP contribution in [0, 0.1) is 5.41 Å². The van der Waals surface area contributed by atoms with E-state index in [4.69, 9.17) is 0 Å². The van der Waals surface area contributed by atoms with E-state index in [1.165, 1.54) is 18.7 Å². The highest BCUT2D eigenvalue weighted by Gasteiger charge is 2.45. The third kappa shape index (κ3) is 3.41. The standard InChI is InChI=1S/C13H20O3S/c1-3-17-12(16)13(9-7-10(2)14)8-5-4-6-11(13)15/h3-9H2,1-2H3. The summed E-state index contributed by atoms with van der Waals surface area (Å²) in [5, 5.41) is -0.0223. The number of ketones is 2.